The maximum atomic E-state index is 11.5. The van der Waals surface area contributed by atoms with Crippen LogP contribution in [0, 0.1) is 5.92 Å². The van der Waals surface area contributed by atoms with Gasteiger partial charge in [0.25, 0.3) is 0 Å². The second-order valence-corrected chi connectivity index (χ2v) is 3.84. The Kier molecular flexibility index (Phi) is 4.24. The third-order valence-electron chi connectivity index (χ3n) is 2.24. The second kappa shape index (κ2) is 5.46. The largest absolute Gasteiger partial charge is 0.351 e. The van der Waals surface area contributed by atoms with Crippen LogP contribution in [0.1, 0.15) is 19.4 Å². The molecule has 0 aromatic carbocycles. The summed E-state index contributed by atoms with van der Waals surface area (Å²) in [5.41, 5.74) is 6.72. The third-order valence-corrected chi connectivity index (χ3v) is 2.24. The number of hydrogen-bond acceptors (Lipinski definition) is 3. The molecule has 0 saturated carbocycles. The number of carbonyl (C=O) groups is 1. The Morgan fingerprint density at radius 3 is 2.60 bits per heavy atom. The number of pyridine rings is 1. The van der Waals surface area contributed by atoms with E-state index >= 15 is 0 Å². The van der Waals surface area contributed by atoms with E-state index in [2.05, 4.69) is 10.3 Å². The molecule has 1 aromatic rings. The zero-order chi connectivity index (χ0) is 11.3. The predicted molar refractivity (Wildman–Crippen MR) is 58.9 cm³/mol. The molecule has 0 aliphatic carbocycles. The topological polar surface area (TPSA) is 68.0 Å². The Balaban J connectivity index is 2.41. The molecule has 0 saturated heterocycles. The van der Waals surface area contributed by atoms with Crippen molar-refractivity contribution in [2.24, 2.45) is 11.7 Å². The lowest BCUT2D eigenvalue weighted by atomic mass is 10.1. The lowest BCUT2D eigenvalue weighted by Gasteiger charge is -2.15. The van der Waals surface area contributed by atoms with E-state index in [0.717, 1.165) is 5.56 Å². The molecule has 4 nitrogen and oxygen atoms in total. The lowest BCUT2D eigenvalue weighted by molar-refractivity contribution is -0.123. The molecule has 1 atom stereocenters. The average molecular weight is 207 g/mol. The Hall–Kier alpha value is -1.42. The van der Waals surface area contributed by atoms with Gasteiger partial charge in [0, 0.05) is 18.9 Å². The van der Waals surface area contributed by atoms with Gasteiger partial charge in [-0.25, -0.2) is 0 Å². The number of nitrogens with two attached hydrogens (primary N) is 1. The molecule has 0 fully saturated rings. The first-order chi connectivity index (χ1) is 7.11. The minimum absolute atomic E-state index is 0.109. The Labute approximate surface area is 89.9 Å². The van der Waals surface area contributed by atoms with Gasteiger partial charge in [-0.05, 0) is 23.6 Å². The molecule has 0 bridgehead atoms. The van der Waals surface area contributed by atoms with Crippen LogP contribution in [-0.2, 0) is 11.3 Å². The standard InChI is InChI=1S/C11H17N3O/c1-8(2)10(12)11(15)14-7-9-3-5-13-6-4-9/h3-6,8,10H,7,12H2,1-2H3,(H,14,15)/t10-/m0/s1. The van der Waals surface area contributed by atoms with E-state index in [1.807, 2.05) is 26.0 Å². The summed E-state index contributed by atoms with van der Waals surface area (Å²) in [5, 5.41) is 2.79. The minimum atomic E-state index is -0.438. The summed E-state index contributed by atoms with van der Waals surface area (Å²) in [4.78, 5) is 15.4. The molecular formula is C11H17N3O. The summed E-state index contributed by atoms with van der Waals surface area (Å²) in [6, 6.07) is 3.29. The smallest absolute Gasteiger partial charge is 0.237 e. The van der Waals surface area contributed by atoms with Crippen molar-refractivity contribution in [3.63, 3.8) is 0 Å². The predicted octanol–water partition coefficient (Wildman–Crippen LogP) is 0.681. The first-order valence-electron chi connectivity index (χ1n) is 5.03. The highest BCUT2D eigenvalue weighted by atomic mass is 16.2. The number of aromatic nitrogens is 1. The van der Waals surface area contributed by atoms with Crippen LogP contribution >= 0.6 is 0 Å². The summed E-state index contributed by atoms with van der Waals surface area (Å²) < 4.78 is 0. The average Bonchev–Trinajstić information content (AvgIpc) is 2.26. The van der Waals surface area contributed by atoms with Crippen LogP contribution in [0.15, 0.2) is 24.5 Å². The molecular weight excluding hydrogens is 190 g/mol. The van der Waals surface area contributed by atoms with Crippen molar-refractivity contribution in [3.05, 3.63) is 30.1 Å². The fraction of sp³-hybridized carbons (Fsp3) is 0.455. The molecule has 15 heavy (non-hydrogen) atoms. The van der Waals surface area contributed by atoms with E-state index in [9.17, 15) is 4.79 Å². The van der Waals surface area contributed by atoms with E-state index < -0.39 is 6.04 Å². The maximum absolute atomic E-state index is 11.5. The van der Waals surface area contributed by atoms with Gasteiger partial charge in [-0.2, -0.15) is 0 Å². The number of rotatable bonds is 4. The van der Waals surface area contributed by atoms with Crippen molar-refractivity contribution < 1.29 is 4.79 Å². The molecule has 0 aliphatic rings. The van der Waals surface area contributed by atoms with Gasteiger partial charge < -0.3 is 11.1 Å². The molecule has 1 aromatic heterocycles. The Morgan fingerprint density at radius 1 is 1.47 bits per heavy atom. The van der Waals surface area contributed by atoms with Crippen LogP contribution < -0.4 is 11.1 Å². The monoisotopic (exact) mass is 207 g/mol. The van der Waals surface area contributed by atoms with E-state index in [0.29, 0.717) is 6.54 Å². The van der Waals surface area contributed by atoms with E-state index in [-0.39, 0.29) is 11.8 Å². The number of carbonyl (C=O) groups excluding carboxylic acids is 1. The van der Waals surface area contributed by atoms with Gasteiger partial charge >= 0.3 is 0 Å². The van der Waals surface area contributed by atoms with Crippen LogP contribution in [0.25, 0.3) is 0 Å². The van der Waals surface area contributed by atoms with E-state index in [4.69, 9.17) is 5.73 Å². The first kappa shape index (κ1) is 11.7. The molecule has 0 spiro atoms. The van der Waals surface area contributed by atoms with Crippen LogP contribution in [0.4, 0.5) is 0 Å². The molecule has 1 heterocycles. The summed E-state index contributed by atoms with van der Waals surface area (Å²) in [6.07, 6.45) is 3.40. The minimum Gasteiger partial charge on any atom is -0.351 e. The zero-order valence-electron chi connectivity index (χ0n) is 9.10. The fourth-order valence-electron chi connectivity index (χ4n) is 1.11. The van der Waals surface area contributed by atoms with Gasteiger partial charge in [0.05, 0.1) is 6.04 Å². The van der Waals surface area contributed by atoms with Crippen molar-refractivity contribution in [2.75, 3.05) is 0 Å². The Bertz CT molecular complexity index is 311. The summed E-state index contributed by atoms with van der Waals surface area (Å²) in [6.45, 7) is 4.36. The van der Waals surface area contributed by atoms with Crippen molar-refractivity contribution in [3.8, 4) is 0 Å². The SMILES string of the molecule is CC(C)[C@H](N)C(=O)NCc1ccncc1. The van der Waals surface area contributed by atoms with E-state index in [1.54, 1.807) is 12.4 Å². The molecule has 3 N–H and O–H groups in total. The summed E-state index contributed by atoms with van der Waals surface area (Å²) >= 11 is 0. The molecule has 0 aliphatic heterocycles. The molecule has 1 rings (SSSR count). The summed E-state index contributed by atoms with van der Waals surface area (Å²) in [5.74, 6) is 0.0456. The van der Waals surface area contributed by atoms with Crippen molar-refractivity contribution in [1.82, 2.24) is 10.3 Å². The Morgan fingerprint density at radius 2 is 2.07 bits per heavy atom. The fourth-order valence-corrected chi connectivity index (χ4v) is 1.11. The molecule has 0 radical (unpaired) electrons. The normalized spacial score (nSPS) is 12.5. The van der Waals surface area contributed by atoms with Gasteiger partial charge in [-0.15, -0.1) is 0 Å². The first-order valence-corrected chi connectivity index (χ1v) is 5.03. The van der Waals surface area contributed by atoms with Gasteiger partial charge in [-0.1, -0.05) is 13.8 Å². The third kappa shape index (κ3) is 3.67. The van der Waals surface area contributed by atoms with Gasteiger partial charge in [-0.3, -0.25) is 9.78 Å². The molecule has 0 unspecified atom stereocenters. The summed E-state index contributed by atoms with van der Waals surface area (Å²) in [7, 11) is 0. The van der Waals surface area contributed by atoms with Gasteiger partial charge in [0.15, 0.2) is 0 Å². The molecule has 4 heteroatoms. The molecule has 1 amide bonds. The van der Waals surface area contributed by atoms with E-state index in [1.165, 1.54) is 0 Å². The quantitative estimate of drug-likeness (QED) is 0.763. The van der Waals surface area contributed by atoms with Gasteiger partial charge in [0.2, 0.25) is 5.91 Å². The van der Waals surface area contributed by atoms with Crippen LogP contribution in [0.2, 0.25) is 0 Å². The van der Waals surface area contributed by atoms with Crippen molar-refractivity contribution in [2.45, 2.75) is 26.4 Å². The number of hydrogen-bond donors (Lipinski definition) is 2. The number of nitrogens with one attached hydrogen (secondary N) is 1. The number of amides is 1. The zero-order valence-corrected chi connectivity index (χ0v) is 9.10. The van der Waals surface area contributed by atoms with Crippen LogP contribution in [0.5, 0.6) is 0 Å². The van der Waals surface area contributed by atoms with Crippen molar-refractivity contribution >= 4 is 5.91 Å². The highest BCUT2D eigenvalue weighted by Crippen LogP contribution is 1.99. The second-order valence-electron chi connectivity index (χ2n) is 3.84. The molecule has 82 valence electrons. The van der Waals surface area contributed by atoms with Crippen LogP contribution in [0.3, 0.4) is 0 Å². The highest BCUT2D eigenvalue weighted by Gasteiger charge is 2.16. The maximum Gasteiger partial charge on any atom is 0.237 e. The highest BCUT2D eigenvalue weighted by molar-refractivity contribution is 5.81. The van der Waals surface area contributed by atoms with Crippen molar-refractivity contribution in [1.29, 1.82) is 0 Å². The van der Waals surface area contributed by atoms with Gasteiger partial charge in [0.1, 0.15) is 0 Å². The lowest BCUT2D eigenvalue weighted by Crippen LogP contribution is -2.43. The number of nitrogens with zero attached hydrogens (tertiary/aromatic N) is 1. The van der Waals surface area contributed by atoms with Crippen LogP contribution in [-0.4, -0.2) is 16.9 Å².